The van der Waals surface area contributed by atoms with Crippen LogP contribution in [0.2, 0.25) is 0 Å². The molecule has 0 aromatic carbocycles. The van der Waals surface area contributed by atoms with E-state index in [4.69, 9.17) is 14.8 Å². The van der Waals surface area contributed by atoms with E-state index in [2.05, 4.69) is 20.8 Å². The molecule has 1 unspecified atom stereocenters. The second-order valence-corrected chi connectivity index (χ2v) is 6.57. The molecule has 0 aliphatic rings. The maximum atomic E-state index is 10.2. The van der Waals surface area contributed by atoms with Gasteiger partial charge in [-0.2, -0.15) is 14.8 Å². The molecule has 132 valence electrons. The zero-order valence-electron chi connectivity index (χ0n) is 14.2. The number of carboxylic acids is 2. The summed E-state index contributed by atoms with van der Waals surface area (Å²) in [6.45, 7) is 8.41. The molecule has 0 aromatic rings. The van der Waals surface area contributed by atoms with E-state index in [1.807, 2.05) is 0 Å². The molecule has 0 saturated carbocycles. The van der Waals surface area contributed by atoms with Gasteiger partial charge >= 0.3 is 41.5 Å². The van der Waals surface area contributed by atoms with Crippen molar-refractivity contribution in [3.63, 3.8) is 0 Å². The van der Waals surface area contributed by atoms with E-state index in [0.717, 1.165) is 12.3 Å². The summed E-state index contributed by atoms with van der Waals surface area (Å²) in [7, 11) is -4.84. The van der Waals surface area contributed by atoms with Crippen molar-refractivity contribution in [1.29, 1.82) is 0 Å². The van der Waals surface area contributed by atoms with Gasteiger partial charge in [0, 0.05) is 0 Å². The van der Waals surface area contributed by atoms with Crippen molar-refractivity contribution in [3.05, 3.63) is 6.92 Å². The van der Waals surface area contributed by atoms with Crippen LogP contribution in [0.15, 0.2) is 0 Å². The monoisotopic (exact) mass is 362 g/mol. The molecule has 7 nitrogen and oxygen atoms in total. The molecule has 1 atom stereocenters. The number of rotatable bonds is 10. The maximum absolute atomic E-state index is 10.2. The molecule has 0 aromatic heterocycles. The van der Waals surface area contributed by atoms with E-state index in [1.54, 1.807) is 0 Å². The number of hydrogen-bond donors (Lipinski definition) is 3. The third kappa shape index (κ3) is 16.5. The first-order chi connectivity index (χ1) is 10.1. The summed E-state index contributed by atoms with van der Waals surface area (Å²) in [6.07, 6.45) is 6.78. The van der Waals surface area contributed by atoms with E-state index in [9.17, 15) is 18.0 Å². The number of carboxylic acid groups (broad SMARTS) is 2. The van der Waals surface area contributed by atoms with Gasteiger partial charge in [-0.05, 0) is 5.92 Å². The van der Waals surface area contributed by atoms with Crippen molar-refractivity contribution >= 4 is 22.1 Å². The SMILES string of the molecule is O=C(O)CC(C(=O)O)S(=O)(=O)O.[CH2-]CCCCC(CC)CC.[Na+]. The maximum Gasteiger partial charge on any atom is 1.00 e. The fourth-order valence-electron chi connectivity index (χ4n) is 1.79. The van der Waals surface area contributed by atoms with Crippen LogP contribution in [0.25, 0.3) is 0 Å². The van der Waals surface area contributed by atoms with Gasteiger partial charge in [-0.3, -0.25) is 14.1 Å². The molecule has 23 heavy (non-hydrogen) atoms. The molecule has 0 aliphatic heterocycles. The van der Waals surface area contributed by atoms with E-state index in [1.165, 1.54) is 32.1 Å². The van der Waals surface area contributed by atoms with E-state index < -0.39 is 33.7 Å². The predicted molar refractivity (Wildman–Crippen MR) is 83.1 cm³/mol. The van der Waals surface area contributed by atoms with Crippen LogP contribution in [0.1, 0.15) is 58.8 Å². The summed E-state index contributed by atoms with van der Waals surface area (Å²) in [5.41, 5.74) is 0. The van der Waals surface area contributed by atoms with Gasteiger partial charge in [0.1, 0.15) is 0 Å². The molecule has 3 N–H and O–H groups in total. The van der Waals surface area contributed by atoms with Crippen molar-refractivity contribution in [2.45, 2.75) is 64.0 Å². The molecule has 0 spiro atoms. The molecule has 9 heteroatoms. The van der Waals surface area contributed by atoms with Crippen molar-refractivity contribution in [3.8, 4) is 0 Å². The Balaban J connectivity index is -0.000000338. The number of carbonyl (C=O) groups is 2. The Morgan fingerprint density at radius 1 is 1.09 bits per heavy atom. The molecule has 0 saturated heterocycles. The molecule has 0 fully saturated rings. The smallest absolute Gasteiger partial charge is 0.481 e. The van der Waals surface area contributed by atoms with Crippen LogP contribution >= 0.6 is 0 Å². The van der Waals surface area contributed by atoms with E-state index in [-0.39, 0.29) is 29.6 Å². The molecule has 0 radical (unpaired) electrons. The van der Waals surface area contributed by atoms with Crippen molar-refractivity contribution in [2.75, 3.05) is 0 Å². The van der Waals surface area contributed by atoms with Gasteiger partial charge in [0.25, 0.3) is 10.1 Å². The minimum atomic E-state index is -4.84. The molecule has 0 bridgehead atoms. The van der Waals surface area contributed by atoms with Crippen LogP contribution in [0.5, 0.6) is 0 Å². The van der Waals surface area contributed by atoms with E-state index in [0.29, 0.717) is 0 Å². The zero-order valence-corrected chi connectivity index (χ0v) is 17.0. The zero-order chi connectivity index (χ0) is 17.8. The van der Waals surface area contributed by atoms with Crippen molar-refractivity contribution in [1.82, 2.24) is 0 Å². The fourth-order valence-corrected chi connectivity index (χ4v) is 2.39. The second-order valence-electron chi connectivity index (χ2n) is 4.97. The standard InChI is InChI=1S/C10H21.C4H6O7S.Na/c1-4-7-8-9-10(5-2)6-3;5-3(6)1-2(4(7)8)12(9,10)11;/h10H,1,4-9H2,2-3H3;2H,1H2,(H,5,6)(H,7,8)(H,9,10,11);/q-1;;+1. The summed E-state index contributed by atoms with van der Waals surface area (Å²) in [5.74, 6) is -2.52. The minimum Gasteiger partial charge on any atom is -0.481 e. The topological polar surface area (TPSA) is 129 Å². The Bertz CT molecular complexity index is 419. The van der Waals surface area contributed by atoms with Crippen LogP contribution in [0.3, 0.4) is 0 Å². The summed E-state index contributed by atoms with van der Waals surface area (Å²) in [6, 6.07) is 0. The Labute approximate surface area is 160 Å². The Morgan fingerprint density at radius 2 is 1.57 bits per heavy atom. The summed E-state index contributed by atoms with van der Waals surface area (Å²) in [5, 5.41) is 13.9. The molecular weight excluding hydrogens is 335 g/mol. The van der Waals surface area contributed by atoms with E-state index >= 15 is 0 Å². The number of unbranched alkanes of at least 4 members (excludes halogenated alkanes) is 2. The van der Waals surface area contributed by atoms with Gasteiger partial charge in [0.05, 0.1) is 6.42 Å². The van der Waals surface area contributed by atoms with Crippen LogP contribution < -0.4 is 29.6 Å². The Morgan fingerprint density at radius 3 is 1.78 bits per heavy atom. The van der Waals surface area contributed by atoms with Gasteiger partial charge in [-0.1, -0.05) is 46.0 Å². The summed E-state index contributed by atoms with van der Waals surface area (Å²) >= 11 is 0. The normalized spacial score (nSPS) is 11.9. The number of aliphatic carboxylic acids is 2. The average molecular weight is 362 g/mol. The quantitative estimate of drug-likeness (QED) is 0.209. The average Bonchev–Trinajstić information content (AvgIpc) is 2.40. The molecule has 0 amide bonds. The fraction of sp³-hybridized carbons (Fsp3) is 0.786. The van der Waals surface area contributed by atoms with Crippen LogP contribution in [-0.4, -0.2) is 40.4 Å². The largest absolute Gasteiger partial charge is 1.00 e. The second kappa shape index (κ2) is 15.4. The van der Waals surface area contributed by atoms with Crippen LogP contribution in [0.4, 0.5) is 0 Å². The van der Waals surface area contributed by atoms with Gasteiger partial charge in [-0.15, -0.1) is 0 Å². The van der Waals surface area contributed by atoms with Crippen LogP contribution in [0, 0.1) is 12.8 Å². The third-order valence-corrected chi connectivity index (χ3v) is 4.35. The van der Waals surface area contributed by atoms with Gasteiger partial charge in [0.15, 0.2) is 5.25 Å². The number of hydrogen-bond acceptors (Lipinski definition) is 4. The third-order valence-electron chi connectivity index (χ3n) is 3.26. The van der Waals surface area contributed by atoms with Gasteiger partial charge in [-0.25, -0.2) is 0 Å². The summed E-state index contributed by atoms with van der Waals surface area (Å²) < 4.78 is 28.7. The Kier molecular flexibility index (Phi) is 18.5. The molecule has 0 aliphatic carbocycles. The first-order valence-corrected chi connectivity index (χ1v) is 8.80. The Hall–Kier alpha value is -0.150. The minimum absolute atomic E-state index is 0. The van der Waals surface area contributed by atoms with Gasteiger partial charge < -0.3 is 17.1 Å². The molecule has 0 rings (SSSR count). The summed E-state index contributed by atoms with van der Waals surface area (Å²) in [4.78, 5) is 20.0. The first-order valence-electron chi connectivity index (χ1n) is 7.30. The first kappa shape index (κ1) is 27.7. The van der Waals surface area contributed by atoms with Crippen molar-refractivity contribution in [2.24, 2.45) is 5.92 Å². The van der Waals surface area contributed by atoms with Crippen molar-refractivity contribution < 1.29 is 62.3 Å². The molecular formula is C14H27NaO7S. The van der Waals surface area contributed by atoms with Crippen LogP contribution in [-0.2, 0) is 19.7 Å². The predicted octanol–water partition coefficient (Wildman–Crippen LogP) is -0.377. The molecule has 0 heterocycles. The van der Waals surface area contributed by atoms with Gasteiger partial charge in [0.2, 0.25) is 0 Å².